The molecule has 3 unspecified atom stereocenters. The smallest absolute Gasteiger partial charge is 0.284 e. The normalized spacial score (nSPS) is 24.9. The van der Waals surface area contributed by atoms with Crippen LogP contribution in [0.25, 0.3) is 16.6 Å². The van der Waals surface area contributed by atoms with Crippen LogP contribution in [0.2, 0.25) is 0 Å². The van der Waals surface area contributed by atoms with Gasteiger partial charge < -0.3 is 30.3 Å². The Labute approximate surface area is 354 Å². The van der Waals surface area contributed by atoms with Gasteiger partial charge in [0.15, 0.2) is 16.9 Å². The number of carbonyl (C=O) groups excluding carboxylic acids is 4. The van der Waals surface area contributed by atoms with Crippen LogP contribution in [-0.2, 0) is 14.4 Å². The highest BCUT2D eigenvalue weighted by Crippen LogP contribution is 2.37. The molecule has 0 radical (unpaired) electrons. The van der Waals surface area contributed by atoms with Crippen molar-refractivity contribution in [3.8, 4) is 0 Å². The summed E-state index contributed by atoms with van der Waals surface area (Å²) in [7, 11) is 0. The first-order chi connectivity index (χ1) is 30.1. The van der Waals surface area contributed by atoms with Crippen LogP contribution in [0.3, 0.4) is 0 Å². The van der Waals surface area contributed by atoms with Crippen molar-refractivity contribution in [3.05, 3.63) is 59.8 Å². The molecule has 4 saturated heterocycles. The maximum absolute atomic E-state index is 14.3. The number of amides is 4. The Morgan fingerprint density at radius 2 is 1.69 bits per heavy atom. The van der Waals surface area contributed by atoms with Crippen LogP contribution in [0.1, 0.15) is 91.5 Å². The number of nitrogens with zero attached hydrogens (tertiary/aromatic N) is 9. The van der Waals surface area contributed by atoms with Gasteiger partial charge in [-0.15, -0.1) is 0 Å². The van der Waals surface area contributed by atoms with Crippen LogP contribution < -0.4 is 26.2 Å². The van der Waals surface area contributed by atoms with Gasteiger partial charge in [0, 0.05) is 82.1 Å². The maximum Gasteiger partial charge on any atom is 0.284 e. The number of fused-ring (bicyclic) bond motifs is 4. The Balaban J connectivity index is 0.699. The van der Waals surface area contributed by atoms with Crippen LogP contribution in [0.15, 0.2) is 47.4 Å². The minimum Gasteiger partial charge on any atom is -0.354 e. The number of alkyl halides is 2. The van der Waals surface area contributed by atoms with E-state index in [-0.39, 0.29) is 42.1 Å². The number of carbonyl (C=O) groups is 4. The third kappa shape index (κ3) is 8.13. The number of piperidine rings is 1. The Hall–Kier alpha value is -5.86. The first-order valence-corrected chi connectivity index (χ1v) is 21.6. The number of halogens is 2. The molecule has 2 bridgehead atoms. The standard InChI is InChI=1S/C42H49F2N13O5/c43-39(44)37-32(48-42(61)30-18-45-56-13-12-33(49-40(30)56)55-20-25-6-7-26(21-55)46-25)22-57(51-37)27-8-4-24(5-9-27)19-53-14-16-54(17-15-53)23-35(59)47-31-3-1-2-28-36(52-62-38(28)31)29-10-11-34(58)50-41(29)60/h1-3,12-13,18,22,24-27,29,39,46H,4-11,14-17,19-21,23H2,(H,47,59)(H,48,61)(H,50,58,60)/t24-,25?,26?,27-,29?. The summed E-state index contributed by atoms with van der Waals surface area (Å²) in [5.41, 5.74) is 1.41. The third-order valence-electron chi connectivity index (χ3n) is 13.3. The number of aromatic nitrogens is 6. The summed E-state index contributed by atoms with van der Waals surface area (Å²) in [5.74, 6) is -0.849. The molecule has 5 aromatic rings. The van der Waals surface area contributed by atoms with Crippen molar-refractivity contribution < 1.29 is 32.5 Å². The van der Waals surface area contributed by atoms with Gasteiger partial charge in [-0.05, 0) is 69.1 Å². The van der Waals surface area contributed by atoms with Crippen molar-refractivity contribution in [1.82, 2.24) is 50.0 Å². The van der Waals surface area contributed by atoms with Gasteiger partial charge in [0.1, 0.15) is 17.1 Å². The van der Waals surface area contributed by atoms with E-state index in [1.807, 2.05) is 6.07 Å². The van der Waals surface area contributed by atoms with Crippen molar-refractivity contribution in [2.24, 2.45) is 5.92 Å². The van der Waals surface area contributed by atoms with Crippen LogP contribution >= 0.6 is 0 Å². The number of hydrogen-bond acceptors (Lipinski definition) is 13. The molecule has 326 valence electrons. The second-order valence-corrected chi connectivity index (χ2v) is 17.4. The molecular weight excluding hydrogens is 805 g/mol. The van der Waals surface area contributed by atoms with Crippen molar-refractivity contribution in [2.75, 3.05) is 67.9 Å². The molecule has 5 aliphatic rings. The van der Waals surface area contributed by atoms with Gasteiger partial charge in [0.05, 0.1) is 36.1 Å². The zero-order chi connectivity index (χ0) is 42.5. The zero-order valence-corrected chi connectivity index (χ0v) is 34.1. The summed E-state index contributed by atoms with van der Waals surface area (Å²) in [6.07, 6.45) is 8.08. The minimum absolute atomic E-state index is 0.0122. The molecule has 3 atom stereocenters. The first kappa shape index (κ1) is 40.2. The summed E-state index contributed by atoms with van der Waals surface area (Å²) < 4.78 is 37.3. The lowest BCUT2D eigenvalue weighted by Gasteiger charge is -2.38. The quantitative estimate of drug-likeness (QED) is 0.140. The van der Waals surface area contributed by atoms with Crippen molar-refractivity contribution in [1.29, 1.82) is 0 Å². The number of nitrogens with one attached hydrogen (secondary N) is 4. The van der Waals surface area contributed by atoms with E-state index in [0.29, 0.717) is 52.4 Å². The molecule has 0 spiro atoms. The number of anilines is 3. The number of benzene rings is 1. The molecule has 1 aliphatic carbocycles. The van der Waals surface area contributed by atoms with E-state index in [9.17, 15) is 28.0 Å². The van der Waals surface area contributed by atoms with Crippen molar-refractivity contribution in [2.45, 2.75) is 81.8 Å². The molecule has 8 heterocycles. The Kier molecular flexibility index (Phi) is 10.9. The Morgan fingerprint density at radius 1 is 0.919 bits per heavy atom. The van der Waals surface area contributed by atoms with E-state index in [2.05, 4.69) is 51.3 Å². The van der Waals surface area contributed by atoms with Gasteiger partial charge in [0.25, 0.3) is 12.3 Å². The van der Waals surface area contributed by atoms with Crippen LogP contribution in [0, 0.1) is 5.92 Å². The average Bonchev–Trinajstić information content (AvgIpc) is 4.07. The molecule has 10 rings (SSSR count). The van der Waals surface area contributed by atoms with Gasteiger partial charge in [-0.2, -0.15) is 10.2 Å². The highest BCUT2D eigenvalue weighted by atomic mass is 19.3. The molecule has 18 nitrogen and oxygen atoms in total. The largest absolute Gasteiger partial charge is 0.354 e. The molecule has 4 N–H and O–H groups in total. The van der Waals surface area contributed by atoms with E-state index in [1.54, 1.807) is 29.1 Å². The van der Waals surface area contributed by atoms with Crippen molar-refractivity contribution in [3.63, 3.8) is 0 Å². The molecule has 4 aromatic heterocycles. The van der Waals surface area contributed by atoms with E-state index in [0.717, 1.165) is 90.2 Å². The summed E-state index contributed by atoms with van der Waals surface area (Å²) >= 11 is 0. The lowest BCUT2D eigenvalue weighted by atomic mass is 9.85. The molecule has 4 aliphatic heterocycles. The van der Waals surface area contributed by atoms with E-state index in [1.165, 1.54) is 16.9 Å². The fourth-order valence-electron chi connectivity index (χ4n) is 9.98. The minimum atomic E-state index is -2.87. The van der Waals surface area contributed by atoms with Gasteiger partial charge in [-0.1, -0.05) is 11.2 Å². The van der Waals surface area contributed by atoms with E-state index >= 15 is 0 Å². The van der Waals surface area contributed by atoms with E-state index < -0.39 is 29.9 Å². The van der Waals surface area contributed by atoms with Gasteiger partial charge in [0.2, 0.25) is 17.7 Å². The number of rotatable bonds is 11. The SMILES string of the molecule is O=C1CCC(c2noc3c(NC(=O)CN4CCN(C[C@H]5CC[C@H](n6cc(NC(=O)c7cnn8ccc(N9CC%10CCC(C9)N%10)nc78)c(C(F)F)n6)CC5)CC4)cccc23)C(=O)N1. The lowest BCUT2D eigenvalue weighted by molar-refractivity contribution is -0.134. The first-order valence-electron chi connectivity index (χ1n) is 21.6. The Morgan fingerprint density at radius 3 is 2.45 bits per heavy atom. The van der Waals surface area contributed by atoms with E-state index in [4.69, 9.17) is 9.51 Å². The molecule has 62 heavy (non-hydrogen) atoms. The number of imide groups is 1. The second-order valence-electron chi connectivity index (χ2n) is 17.4. The predicted molar refractivity (Wildman–Crippen MR) is 222 cm³/mol. The fourth-order valence-corrected chi connectivity index (χ4v) is 9.98. The maximum atomic E-state index is 14.3. The Bertz CT molecular complexity index is 2490. The predicted octanol–water partition coefficient (Wildman–Crippen LogP) is 3.71. The molecule has 4 amide bonds. The zero-order valence-electron chi connectivity index (χ0n) is 34.1. The molecular formula is C42H49F2N13O5. The number of hydrogen-bond donors (Lipinski definition) is 4. The van der Waals surface area contributed by atoms with Crippen LogP contribution in [0.5, 0.6) is 0 Å². The lowest BCUT2D eigenvalue weighted by Crippen LogP contribution is -2.51. The van der Waals surface area contributed by atoms with Crippen LogP contribution in [0.4, 0.5) is 26.0 Å². The monoisotopic (exact) mass is 853 g/mol. The summed E-state index contributed by atoms with van der Waals surface area (Å²) in [4.78, 5) is 62.4. The summed E-state index contributed by atoms with van der Waals surface area (Å²) in [6, 6.07) is 7.96. The summed E-state index contributed by atoms with van der Waals surface area (Å²) in [5, 5.41) is 25.0. The van der Waals surface area contributed by atoms with Gasteiger partial charge in [-0.25, -0.2) is 18.3 Å². The summed E-state index contributed by atoms with van der Waals surface area (Å²) in [6.45, 7) is 5.90. The molecule has 1 aromatic carbocycles. The van der Waals surface area contributed by atoms with Gasteiger partial charge in [-0.3, -0.25) is 34.1 Å². The van der Waals surface area contributed by atoms with Crippen molar-refractivity contribution >= 4 is 57.4 Å². The molecule has 1 saturated carbocycles. The number of para-hydroxylation sites is 1. The number of piperazine rings is 2. The molecule has 20 heteroatoms. The topological polar surface area (TPSA) is 200 Å². The highest BCUT2D eigenvalue weighted by Gasteiger charge is 2.35. The molecule has 5 fully saturated rings. The van der Waals surface area contributed by atoms with Gasteiger partial charge >= 0.3 is 0 Å². The fraction of sp³-hybridized carbons (Fsp3) is 0.524. The van der Waals surface area contributed by atoms with Crippen LogP contribution in [-0.4, -0.2) is 127 Å². The average molecular weight is 854 g/mol. The highest BCUT2D eigenvalue weighted by molar-refractivity contribution is 6.08. The second kappa shape index (κ2) is 16.8. The third-order valence-corrected chi connectivity index (χ3v) is 13.3.